The maximum absolute atomic E-state index is 13.2. The molecule has 0 spiro atoms. The Kier molecular flexibility index (Phi) is 4.30. The maximum atomic E-state index is 13.2. The lowest BCUT2D eigenvalue weighted by atomic mass is 9.96. The van der Waals surface area contributed by atoms with Crippen LogP contribution in [-0.4, -0.2) is 41.9 Å². The van der Waals surface area contributed by atoms with Gasteiger partial charge in [-0.2, -0.15) is 0 Å². The van der Waals surface area contributed by atoms with E-state index in [1.165, 1.54) is 17.0 Å². The average Bonchev–Trinajstić information content (AvgIpc) is 2.87. The highest BCUT2D eigenvalue weighted by Gasteiger charge is 2.42. The Morgan fingerprint density at radius 3 is 2.54 bits per heavy atom. The molecule has 6 heteroatoms. The number of carbonyl (C=O) groups is 2. The Morgan fingerprint density at radius 2 is 1.92 bits per heavy atom. The Bertz CT molecular complexity index is 697. The van der Waals surface area contributed by atoms with E-state index in [0.29, 0.717) is 30.1 Å². The molecule has 1 N–H and O–H groups in total. The number of nitrogens with one attached hydrogen (secondary N) is 1. The van der Waals surface area contributed by atoms with Gasteiger partial charge in [-0.05, 0) is 30.0 Å². The van der Waals surface area contributed by atoms with Crippen molar-refractivity contribution in [2.45, 2.75) is 26.3 Å². The summed E-state index contributed by atoms with van der Waals surface area (Å²) in [5.41, 5.74) is 2.04. The summed E-state index contributed by atoms with van der Waals surface area (Å²) in [7, 11) is 1.67. The van der Waals surface area contributed by atoms with Gasteiger partial charge in [-0.15, -0.1) is 0 Å². The van der Waals surface area contributed by atoms with Crippen molar-refractivity contribution in [3.8, 4) is 0 Å². The fraction of sp³-hybridized carbons (Fsp3) is 0.444. The molecule has 0 radical (unpaired) electrons. The van der Waals surface area contributed by atoms with E-state index in [9.17, 15) is 14.0 Å². The van der Waals surface area contributed by atoms with Crippen LogP contribution in [0.4, 0.5) is 9.18 Å². The highest BCUT2D eigenvalue weighted by atomic mass is 19.1. The lowest BCUT2D eigenvalue weighted by molar-refractivity contribution is -0.125. The van der Waals surface area contributed by atoms with Crippen molar-refractivity contribution < 1.29 is 14.0 Å². The molecular formula is C18H22FN3O2. The van der Waals surface area contributed by atoms with Crippen molar-refractivity contribution in [1.82, 2.24) is 15.1 Å². The number of urea groups is 1. The molecule has 2 aliphatic heterocycles. The molecule has 0 aromatic heterocycles. The highest BCUT2D eigenvalue weighted by Crippen LogP contribution is 2.35. The van der Waals surface area contributed by atoms with Gasteiger partial charge in [-0.3, -0.25) is 9.69 Å². The van der Waals surface area contributed by atoms with E-state index in [2.05, 4.69) is 19.2 Å². The van der Waals surface area contributed by atoms with Crippen LogP contribution in [0.3, 0.4) is 0 Å². The van der Waals surface area contributed by atoms with Gasteiger partial charge in [0.15, 0.2) is 0 Å². The number of benzene rings is 1. The second-order valence-electron chi connectivity index (χ2n) is 6.76. The number of hydrogen-bond acceptors (Lipinski definition) is 2. The normalized spacial score (nSPS) is 20.8. The summed E-state index contributed by atoms with van der Waals surface area (Å²) < 4.78 is 13.2. The summed E-state index contributed by atoms with van der Waals surface area (Å²) in [6.45, 7) is 5.35. The molecule has 128 valence electrons. The summed E-state index contributed by atoms with van der Waals surface area (Å²) in [4.78, 5) is 28.4. The third kappa shape index (κ3) is 2.88. The van der Waals surface area contributed by atoms with Crippen LogP contribution in [0.5, 0.6) is 0 Å². The fourth-order valence-electron chi connectivity index (χ4n) is 3.12. The second-order valence-corrected chi connectivity index (χ2v) is 6.76. The summed E-state index contributed by atoms with van der Waals surface area (Å²) in [5, 5.41) is 2.85. The van der Waals surface area contributed by atoms with E-state index >= 15 is 0 Å². The van der Waals surface area contributed by atoms with Gasteiger partial charge in [0.2, 0.25) is 0 Å². The molecule has 24 heavy (non-hydrogen) atoms. The van der Waals surface area contributed by atoms with E-state index in [-0.39, 0.29) is 17.8 Å². The molecule has 5 nitrogen and oxygen atoms in total. The summed E-state index contributed by atoms with van der Waals surface area (Å²) in [5.74, 6) is 0.108. The zero-order valence-electron chi connectivity index (χ0n) is 14.2. The molecule has 2 heterocycles. The molecule has 0 bridgehead atoms. The van der Waals surface area contributed by atoms with Gasteiger partial charge in [0, 0.05) is 13.6 Å². The van der Waals surface area contributed by atoms with Gasteiger partial charge in [0.1, 0.15) is 5.82 Å². The molecule has 1 aromatic rings. The number of hydrogen-bond donors (Lipinski definition) is 1. The van der Waals surface area contributed by atoms with Crippen molar-refractivity contribution in [3.05, 3.63) is 46.9 Å². The number of halogens is 1. The van der Waals surface area contributed by atoms with E-state index in [4.69, 9.17) is 0 Å². The van der Waals surface area contributed by atoms with Crippen LogP contribution in [0, 0.1) is 11.7 Å². The quantitative estimate of drug-likeness (QED) is 0.922. The lowest BCUT2D eigenvalue weighted by Gasteiger charge is -2.31. The van der Waals surface area contributed by atoms with Crippen molar-refractivity contribution >= 4 is 11.9 Å². The molecular weight excluding hydrogens is 309 g/mol. The first-order chi connectivity index (χ1) is 11.4. The van der Waals surface area contributed by atoms with Crippen LogP contribution < -0.4 is 5.32 Å². The van der Waals surface area contributed by atoms with Crippen LogP contribution in [0.25, 0.3) is 0 Å². The van der Waals surface area contributed by atoms with Crippen molar-refractivity contribution in [2.75, 3.05) is 20.1 Å². The molecule has 0 aliphatic carbocycles. The zero-order valence-corrected chi connectivity index (χ0v) is 14.2. The first-order valence-corrected chi connectivity index (χ1v) is 8.20. The van der Waals surface area contributed by atoms with E-state index < -0.39 is 6.04 Å². The average molecular weight is 331 g/mol. The van der Waals surface area contributed by atoms with Crippen LogP contribution in [-0.2, 0) is 4.79 Å². The Labute approximate surface area is 141 Å². The van der Waals surface area contributed by atoms with Gasteiger partial charge >= 0.3 is 6.03 Å². The zero-order chi connectivity index (χ0) is 17.4. The number of rotatable bonds is 4. The predicted octanol–water partition coefficient (Wildman–Crippen LogP) is 2.66. The summed E-state index contributed by atoms with van der Waals surface area (Å²) in [6, 6.07) is 5.13. The third-order valence-corrected chi connectivity index (χ3v) is 4.61. The highest BCUT2D eigenvalue weighted by molar-refractivity contribution is 6.01. The standard InChI is InChI=1S/C18H22FN3O2/c1-11(2)8-9-22-10-14-15(17(22)23)16(20-18(24)21(14)3)12-4-6-13(19)7-5-12/h4-7,11,16H,8-10H2,1-3H3,(H,20,24)/t16-/m1/s1. The monoisotopic (exact) mass is 331 g/mol. The van der Waals surface area contributed by atoms with Gasteiger partial charge < -0.3 is 10.2 Å². The molecule has 1 aromatic carbocycles. The van der Waals surface area contributed by atoms with E-state index in [0.717, 1.165) is 12.1 Å². The molecule has 0 unspecified atom stereocenters. The maximum Gasteiger partial charge on any atom is 0.322 e. The molecule has 0 saturated heterocycles. The molecule has 2 aliphatic rings. The molecule has 0 saturated carbocycles. The van der Waals surface area contributed by atoms with E-state index in [1.54, 1.807) is 24.1 Å². The van der Waals surface area contributed by atoms with Crippen molar-refractivity contribution in [1.29, 1.82) is 0 Å². The Hall–Kier alpha value is -2.37. The molecule has 3 rings (SSSR count). The minimum atomic E-state index is -0.527. The number of carbonyl (C=O) groups excluding carboxylic acids is 2. The Balaban J connectivity index is 1.92. The minimum Gasteiger partial charge on any atom is -0.333 e. The fourth-order valence-corrected chi connectivity index (χ4v) is 3.12. The SMILES string of the molecule is CC(C)CCN1CC2=C(C1=O)[C@@H](c1ccc(F)cc1)NC(=O)N2C. The lowest BCUT2D eigenvalue weighted by Crippen LogP contribution is -2.45. The van der Waals surface area contributed by atoms with Crippen LogP contribution >= 0.6 is 0 Å². The summed E-state index contributed by atoms with van der Waals surface area (Å²) in [6.07, 6.45) is 0.915. The third-order valence-electron chi connectivity index (χ3n) is 4.61. The molecule has 0 fully saturated rings. The largest absolute Gasteiger partial charge is 0.333 e. The first kappa shape index (κ1) is 16.5. The van der Waals surface area contributed by atoms with Gasteiger partial charge in [0.05, 0.1) is 23.9 Å². The topological polar surface area (TPSA) is 52.7 Å². The predicted molar refractivity (Wildman–Crippen MR) is 88.5 cm³/mol. The Morgan fingerprint density at radius 1 is 1.25 bits per heavy atom. The smallest absolute Gasteiger partial charge is 0.322 e. The number of likely N-dealkylation sites (N-methyl/N-ethyl adjacent to an activating group) is 1. The minimum absolute atomic E-state index is 0.0492. The van der Waals surface area contributed by atoms with Gasteiger partial charge in [-0.25, -0.2) is 9.18 Å². The molecule has 3 amide bonds. The number of nitrogens with zero attached hydrogens (tertiary/aromatic N) is 2. The number of amides is 3. The van der Waals surface area contributed by atoms with Crippen LogP contribution in [0.2, 0.25) is 0 Å². The van der Waals surface area contributed by atoms with Crippen LogP contribution in [0.15, 0.2) is 35.5 Å². The van der Waals surface area contributed by atoms with Gasteiger partial charge in [0.25, 0.3) is 5.91 Å². The van der Waals surface area contributed by atoms with Crippen molar-refractivity contribution in [3.63, 3.8) is 0 Å². The molecule has 1 atom stereocenters. The second kappa shape index (κ2) is 6.26. The first-order valence-electron chi connectivity index (χ1n) is 8.20. The van der Waals surface area contributed by atoms with Crippen LogP contribution in [0.1, 0.15) is 31.9 Å². The van der Waals surface area contributed by atoms with E-state index in [1.807, 2.05) is 0 Å². The van der Waals surface area contributed by atoms with Gasteiger partial charge in [-0.1, -0.05) is 26.0 Å². The summed E-state index contributed by atoms with van der Waals surface area (Å²) >= 11 is 0. The van der Waals surface area contributed by atoms with Crippen molar-refractivity contribution in [2.24, 2.45) is 5.92 Å².